The molecule has 0 fully saturated rings. The summed E-state index contributed by atoms with van der Waals surface area (Å²) in [6.45, 7) is 0.425. The lowest BCUT2D eigenvalue weighted by molar-refractivity contribution is -0.137. The van der Waals surface area contributed by atoms with Crippen LogP contribution in [0.1, 0.15) is 11.1 Å². The molecule has 2 N–H and O–H groups in total. The molecule has 4 rings (SSSR count). The van der Waals surface area contributed by atoms with Gasteiger partial charge in [-0.05, 0) is 35.4 Å². The van der Waals surface area contributed by atoms with Crippen LogP contribution in [0.3, 0.4) is 0 Å². The predicted molar refractivity (Wildman–Crippen MR) is 123 cm³/mol. The molecule has 0 spiro atoms. The number of ether oxygens (including phenoxy) is 1. The first-order valence-corrected chi connectivity index (χ1v) is 10.4. The Hall–Kier alpha value is -4.26. The van der Waals surface area contributed by atoms with Crippen LogP contribution >= 0.6 is 0 Å². The van der Waals surface area contributed by atoms with Gasteiger partial charge in [0.25, 0.3) is 0 Å². The van der Waals surface area contributed by atoms with E-state index in [9.17, 15) is 9.90 Å². The third-order valence-electron chi connectivity index (χ3n) is 5.06. The molecule has 0 saturated heterocycles. The number of aliphatic carboxylic acids is 1. The van der Waals surface area contributed by atoms with Crippen molar-refractivity contribution in [3.63, 3.8) is 0 Å². The summed E-state index contributed by atoms with van der Waals surface area (Å²) in [6, 6.07) is 24.8. The number of carbonyl (C=O) groups is 1. The van der Waals surface area contributed by atoms with Gasteiger partial charge in [0.1, 0.15) is 30.4 Å². The SMILES string of the molecule is O=C(O)C(Cc1ccccc1)Nc1ncnc(-c2ccc(OCc3ccccc3)cc2)c1F. The first-order chi connectivity index (χ1) is 16.1. The molecule has 4 aromatic rings. The lowest BCUT2D eigenvalue weighted by Crippen LogP contribution is -2.32. The highest BCUT2D eigenvalue weighted by atomic mass is 19.1. The number of nitrogens with one attached hydrogen (secondary N) is 1. The van der Waals surface area contributed by atoms with Crippen LogP contribution in [-0.4, -0.2) is 27.1 Å². The molecule has 0 aliphatic carbocycles. The topological polar surface area (TPSA) is 84.3 Å². The third kappa shape index (κ3) is 5.71. The second kappa shape index (κ2) is 10.4. The minimum absolute atomic E-state index is 0.0750. The normalized spacial score (nSPS) is 11.5. The Morgan fingerprint density at radius 1 is 0.909 bits per heavy atom. The van der Waals surface area contributed by atoms with E-state index in [1.54, 1.807) is 24.3 Å². The first kappa shape index (κ1) is 22.0. The molecule has 7 heteroatoms. The van der Waals surface area contributed by atoms with Gasteiger partial charge in [0.05, 0.1) is 0 Å². The molecule has 1 aromatic heterocycles. The highest BCUT2D eigenvalue weighted by Crippen LogP contribution is 2.26. The molecule has 1 atom stereocenters. The van der Waals surface area contributed by atoms with Crippen molar-refractivity contribution in [1.29, 1.82) is 0 Å². The highest BCUT2D eigenvalue weighted by Gasteiger charge is 2.22. The maximum absolute atomic E-state index is 15.2. The van der Waals surface area contributed by atoms with Crippen LogP contribution in [0.15, 0.2) is 91.3 Å². The predicted octanol–water partition coefficient (Wildman–Crippen LogP) is 4.97. The van der Waals surface area contributed by atoms with E-state index in [0.717, 1.165) is 11.1 Å². The summed E-state index contributed by atoms with van der Waals surface area (Å²) < 4.78 is 20.9. The van der Waals surface area contributed by atoms with Crippen molar-refractivity contribution in [2.45, 2.75) is 19.1 Å². The number of carboxylic acids is 1. The summed E-state index contributed by atoms with van der Waals surface area (Å²) in [4.78, 5) is 19.7. The van der Waals surface area contributed by atoms with E-state index in [0.29, 0.717) is 17.9 Å². The standard InChI is InChI=1S/C26H22FN3O3/c27-23-24(20-11-13-21(14-12-20)33-16-19-9-5-2-6-10-19)28-17-29-25(23)30-22(26(31)32)15-18-7-3-1-4-8-18/h1-14,17,22H,15-16H2,(H,31,32)(H,28,29,30). The molecule has 166 valence electrons. The Kier molecular flexibility index (Phi) is 6.90. The van der Waals surface area contributed by atoms with E-state index in [-0.39, 0.29) is 17.9 Å². The Labute approximate surface area is 190 Å². The molecule has 1 unspecified atom stereocenters. The van der Waals surface area contributed by atoms with Gasteiger partial charge < -0.3 is 15.2 Å². The summed E-state index contributed by atoms with van der Waals surface area (Å²) >= 11 is 0. The van der Waals surface area contributed by atoms with Gasteiger partial charge in [0.15, 0.2) is 11.6 Å². The Bertz CT molecular complexity index is 1200. The fourth-order valence-electron chi connectivity index (χ4n) is 3.34. The zero-order valence-corrected chi connectivity index (χ0v) is 17.7. The van der Waals surface area contributed by atoms with Crippen LogP contribution in [0, 0.1) is 5.82 Å². The molecule has 6 nitrogen and oxygen atoms in total. The molecular weight excluding hydrogens is 421 g/mol. The van der Waals surface area contributed by atoms with E-state index >= 15 is 4.39 Å². The third-order valence-corrected chi connectivity index (χ3v) is 5.06. The number of aromatic nitrogens is 2. The molecule has 3 aromatic carbocycles. The quantitative estimate of drug-likeness (QED) is 0.380. The van der Waals surface area contributed by atoms with Crippen LogP contribution < -0.4 is 10.1 Å². The molecule has 0 radical (unpaired) electrons. The van der Waals surface area contributed by atoms with Crippen LogP contribution in [0.4, 0.5) is 10.2 Å². The van der Waals surface area contributed by atoms with Crippen molar-refractivity contribution in [1.82, 2.24) is 9.97 Å². The first-order valence-electron chi connectivity index (χ1n) is 10.4. The van der Waals surface area contributed by atoms with Crippen LogP contribution in [-0.2, 0) is 17.8 Å². The summed E-state index contributed by atoms with van der Waals surface area (Å²) in [6.07, 6.45) is 1.39. The number of hydrogen-bond acceptors (Lipinski definition) is 5. The van der Waals surface area contributed by atoms with Crippen LogP contribution in [0.5, 0.6) is 5.75 Å². The van der Waals surface area contributed by atoms with E-state index in [2.05, 4.69) is 15.3 Å². The van der Waals surface area contributed by atoms with Gasteiger partial charge in [-0.15, -0.1) is 0 Å². The average Bonchev–Trinajstić information content (AvgIpc) is 2.85. The largest absolute Gasteiger partial charge is 0.489 e. The molecule has 33 heavy (non-hydrogen) atoms. The van der Waals surface area contributed by atoms with Crippen molar-refractivity contribution >= 4 is 11.8 Å². The number of benzene rings is 3. The van der Waals surface area contributed by atoms with Gasteiger partial charge in [0, 0.05) is 12.0 Å². The maximum Gasteiger partial charge on any atom is 0.326 e. The molecule has 0 amide bonds. The van der Waals surface area contributed by atoms with Crippen molar-refractivity contribution in [3.05, 3.63) is 108 Å². The van der Waals surface area contributed by atoms with Gasteiger partial charge in [-0.25, -0.2) is 19.2 Å². The van der Waals surface area contributed by atoms with Crippen molar-refractivity contribution in [2.75, 3.05) is 5.32 Å². The number of rotatable bonds is 9. The van der Waals surface area contributed by atoms with E-state index in [4.69, 9.17) is 4.74 Å². The second-order valence-corrected chi connectivity index (χ2v) is 7.41. The minimum Gasteiger partial charge on any atom is -0.489 e. The van der Waals surface area contributed by atoms with Crippen molar-refractivity contribution in [3.8, 4) is 17.0 Å². The average molecular weight is 443 g/mol. The van der Waals surface area contributed by atoms with Gasteiger partial charge in [0.2, 0.25) is 0 Å². The minimum atomic E-state index is -1.10. The molecule has 0 saturated carbocycles. The summed E-state index contributed by atoms with van der Waals surface area (Å²) in [5.74, 6) is -1.33. The zero-order chi connectivity index (χ0) is 23.0. The smallest absolute Gasteiger partial charge is 0.326 e. The number of hydrogen-bond donors (Lipinski definition) is 2. The summed E-state index contributed by atoms with van der Waals surface area (Å²) in [5, 5.41) is 12.3. The zero-order valence-electron chi connectivity index (χ0n) is 17.7. The fourth-order valence-corrected chi connectivity index (χ4v) is 3.34. The van der Waals surface area contributed by atoms with Gasteiger partial charge in [-0.3, -0.25) is 0 Å². The Balaban J connectivity index is 1.48. The molecular formula is C26H22FN3O3. The van der Waals surface area contributed by atoms with E-state index in [1.807, 2.05) is 60.7 Å². The number of carboxylic acid groups (broad SMARTS) is 1. The highest BCUT2D eigenvalue weighted by molar-refractivity contribution is 5.78. The number of anilines is 1. The van der Waals surface area contributed by atoms with Crippen molar-refractivity contribution < 1.29 is 19.0 Å². The molecule has 0 aliphatic rings. The van der Waals surface area contributed by atoms with Crippen molar-refractivity contribution in [2.24, 2.45) is 0 Å². The Morgan fingerprint density at radius 3 is 2.18 bits per heavy atom. The number of nitrogens with zero attached hydrogens (tertiary/aromatic N) is 2. The second-order valence-electron chi connectivity index (χ2n) is 7.41. The van der Waals surface area contributed by atoms with Gasteiger partial charge >= 0.3 is 5.97 Å². The lowest BCUT2D eigenvalue weighted by Gasteiger charge is -2.16. The van der Waals surface area contributed by atoms with Crippen LogP contribution in [0.2, 0.25) is 0 Å². The van der Waals surface area contributed by atoms with Crippen LogP contribution in [0.25, 0.3) is 11.3 Å². The number of halogens is 1. The summed E-state index contributed by atoms with van der Waals surface area (Å²) in [7, 11) is 0. The molecule has 0 aliphatic heterocycles. The maximum atomic E-state index is 15.2. The van der Waals surface area contributed by atoms with Gasteiger partial charge in [-0.2, -0.15) is 0 Å². The molecule has 0 bridgehead atoms. The molecule has 1 heterocycles. The van der Waals surface area contributed by atoms with E-state index in [1.165, 1.54) is 6.33 Å². The Morgan fingerprint density at radius 2 is 1.55 bits per heavy atom. The van der Waals surface area contributed by atoms with Gasteiger partial charge in [-0.1, -0.05) is 60.7 Å². The fraction of sp³-hybridized carbons (Fsp3) is 0.115. The lowest BCUT2D eigenvalue weighted by atomic mass is 10.1. The monoisotopic (exact) mass is 443 g/mol. The van der Waals surface area contributed by atoms with E-state index < -0.39 is 17.8 Å². The summed E-state index contributed by atoms with van der Waals surface area (Å²) in [5.41, 5.74) is 2.46.